The maximum Gasteiger partial charge on any atom is 0.107 e. The molecule has 1 rings (SSSR count). The Kier molecular flexibility index (Phi) is 2.68. The predicted molar refractivity (Wildman–Crippen MR) is 53.9 cm³/mol. The minimum Gasteiger partial charge on any atom is -0.313 e. The van der Waals surface area contributed by atoms with Gasteiger partial charge in [0.25, 0.3) is 0 Å². The van der Waals surface area contributed by atoms with E-state index in [1.165, 1.54) is 6.42 Å². The van der Waals surface area contributed by atoms with E-state index in [1.807, 2.05) is 0 Å². The van der Waals surface area contributed by atoms with Gasteiger partial charge in [-0.1, -0.05) is 33.6 Å². The minimum absolute atomic E-state index is 0.158. The number of nitrogens with zero attached hydrogens (tertiary/aromatic N) is 1. The molecule has 0 aromatic carbocycles. The van der Waals surface area contributed by atoms with E-state index in [4.69, 9.17) is 11.0 Å². The summed E-state index contributed by atoms with van der Waals surface area (Å²) in [4.78, 5) is 0. The summed E-state index contributed by atoms with van der Waals surface area (Å²) in [6.07, 6.45) is 4.30. The molecule has 13 heavy (non-hydrogen) atoms. The number of nitriles is 1. The van der Waals surface area contributed by atoms with Crippen LogP contribution in [0.3, 0.4) is 0 Å². The van der Waals surface area contributed by atoms with Crippen LogP contribution in [0.5, 0.6) is 0 Å². The van der Waals surface area contributed by atoms with Gasteiger partial charge in [0.1, 0.15) is 5.54 Å². The molecule has 0 heterocycles. The molecule has 0 saturated heterocycles. The Balaban J connectivity index is 2.87. The van der Waals surface area contributed by atoms with E-state index in [0.29, 0.717) is 5.92 Å². The first-order valence-electron chi connectivity index (χ1n) is 5.10. The standard InChI is InChI=1S/C11H20N2/c1-10(2,3)9-6-4-5-7-11(9,13)8-12/h9H,4-7,13H2,1-3H3. The number of nitrogens with two attached hydrogens (primary N) is 1. The molecule has 1 aliphatic rings. The summed E-state index contributed by atoms with van der Waals surface area (Å²) in [7, 11) is 0. The Bertz CT molecular complexity index is 221. The lowest BCUT2D eigenvalue weighted by molar-refractivity contribution is 0.115. The topological polar surface area (TPSA) is 49.8 Å². The lowest BCUT2D eigenvalue weighted by Gasteiger charge is -2.43. The van der Waals surface area contributed by atoms with Gasteiger partial charge in [-0.2, -0.15) is 5.26 Å². The molecule has 0 radical (unpaired) electrons. The zero-order chi connectivity index (χ0) is 10.1. The van der Waals surface area contributed by atoms with E-state index in [1.54, 1.807) is 0 Å². The summed E-state index contributed by atoms with van der Waals surface area (Å²) in [5.74, 6) is 0.346. The molecule has 0 spiro atoms. The van der Waals surface area contributed by atoms with Crippen molar-refractivity contribution in [3.63, 3.8) is 0 Å². The van der Waals surface area contributed by atoms with Gasteiger partial charge in [-0.25, -0.2) is 0 Å². The smallest absolute Gasteiger partial charge is 0.107 e. The molecule has 0 bridgehead atoms. The van der Waals surface area contributed by atoms with Gasteiger partial charge < -0.3 is 5.73 Å². The van der Waals surface area contributed by atoms with Crippen molar-refractivity contribution < 1.29 is 0 Å². The number of hydrogen-bond acceptors (Lipinski definition) is 2. The van der Waals surface area contributed by atoms with Gasteiger partial charge in [-0.05, 0) is 24.2 Å². The first kappa shape index (κ1) is 10.5. The molecule has 1 fully saturated rings. The monoisotopic (exact) mass is 180 g/mol. The highest BCUT2D eigenvalue weighted by atomic mass is 14.8. The molecular formula is C11H20N2. The highest BCUT2D eigenvalue weighted by Gasteiger charge is 2.43. The van der Waals surface area contributed by atoms with Crippen molar-refractivity contribution in [3.8, 4) is 6.07 Å². The third kappa shape index (κ3) is 2.03. The normalized spacial score (nSPS) is 35.5. The van der Waals surface area contributed by atoms with Crippen molar-refractivity contribution >= 4 is 0 Å². The third-order valence-corrected chi connectivity index (χ3v) is 3.21. The van der Waals surface area contributed by atoms with E-state index in [0.717, 1.165) is 19.3 Å². The Morgan fingerprint density at radius 3 is 2.38 bits per heavy atom. The van der Waals surface area contributed by atoms with E-state index in [2.05, 4.69) is 26.8 Å². The van der Waals surface area contributed by atoms with Crippen molar-refractivity contribution in [2.24, 2.45) is 17.1 Å². The van der Waals surface area contributed by atoms with E-state index in [-0.39, 0.29) is 5.41 Å². The van der Waals surface area contributed by atoms with Gasteiger partial charge in [0.15, 0.2) is 0 Å². The number of rotatable bonds is 0. The Hall–Kier alpha value is -0.550. The van der Waals surface area contributed by atoms with Gasteiger partial charge in [0.2, 0.25) is 0 Å². The first-order chi connectivity index (χ1) is 5.90. The molecular weight excluding hydrogens is 160 g/mol. The van der Waals surface area contributed by atoms with Crippen LogP contribution in [0.4, 0.5) is 0 Å². The van der Waals surface area contributed by atoms with Gasteiger partial charge in [-0.15, -0.1) is 0 Å². The molecule has 2 unspecified atom stereocenters. The van der Waals surface area contributed by atoms with E-state index >= 15 is 0 Å². The molecule has 0 aromatic rings. The van der Waals surface area contributed by atoms with Gasteiger partial charge >= 0.3 is 0 Å². The molecule has 2 nitrogen and oxygen atoms in total. The van der Waals surface area contributed by atoms with Crippen molar-refractivity contribution in [1.82, 2.24) is 0 Å². The zero-order valence-electron chi connectivity index (χ0n) is 8.93. The molecule has 1 aliphatic carbocycles. The maximum atomic E-state index is 9.11. The second-order valence-corrected chi connectivity index (χ2v) is 5.32. The fourth-order valence-corrected chi connectivity index (χ4v) is 2.54. The highest BCUT2D eigenvalue weighted by Crippen LogP contribution is 2.42. The second-order valence-electron chi connectivity index (χ2n) is 5.32. The lowest BCUT2D eigenvalue weighted by Crippen LogP contribution is -2.52. The predicted octanol–water partition coefficient (Wildman–Crippen LogP) is 2.44. The average Bonchev–Trinajstić information content (AvgIpc) is 2.03. The second kappa shape index (κ2) is 3.31. The van der Waals surface area contributed by atoms with E-state index < -0.39 is 5.54 Å². The van der Waals surface area contributed by atoms with Crippen LogP contribution >= 0.6 is 0 Å². The van der Waals surface area contributed by atoms with Crippen LogP contribution in [0, 0.1) is 22.7 Å². The average molecular weight is 180 g/mol. The van der Waals surface area contributed by atoms with Gasteiger partial charge in [0, 0.05) is 0 Å². The first-order valence-corrected chi connectivity index (χ1v) is 5.10. The Morgan fingerprint density at radius 1 is 1.38 bits per heavy atom. The Morgan fingerprint density at radius 2 is 2.00 bits per heavy atom. The third-order valence-electron chi connectivity index (χ3n) is 3.21. The van der Waals surface area contributed by atoms with Crippen LogP contribution in [-0.2, 0) is 0 Å². The number of hydrogen-bond donors (Lipinski definition) is 1. The van der Waals surface area contributed by atoms with Crippen LogP contribution in [0.25, 0.3) is 0 Å². The van der Waals surface area contributed by atoms with Crippen molar-refractivity contribution in [1.29, 1.82) is 5.26 Å². The molecule has 2 N–H and O–H groups in total. The molecule has 74 valence electrons. The summed E-state index contributed by atoms with van der Waals surface area (Å²) >= 11 is 0. The summed E-state index contributed by atoms with van der Waals surface area (Å²) in [5.41, 5.74) is 5.71. The maximum absolute atomic E-state index is 9.11. The summed E-state index contributed by atoms with van der Waals surface area (Å²) in [6, 6.07) is 2.31. The summed E-state index contributed by atoms with van der Waals surface area (Å²) in [5, 5.41) is 9.11. The molecule has 0 amide bonds. The molecule has 0 aliphatic heterocycles. The Labute approximate surface area is 81.1 Å². The van der Waals surface area contributed by atoms with Gasteiger partial charge in [-0.3, -0.25) is 0 Å². The van der Waals surface area contributed by atoms with Crippen molar-refractivity contribution in [3.05, 3.63) is 0 Å². The van der Waals surface area contributed by atoms with Crippen LogP contribution in [0.2, 0.25) is 0 Å². The van der Waals surface area contributed by atoms with E-state index in [9.17, 15) is 0 Å². The summed E-state index contributed by atoms with van der Waals surface area (Å²) in [6.45, 7) is 6.55. The lowest BCUT2D eigenvalue weighted by atomic mass is 9.63. The highest BCUT2D eigenvalue weighted by molar-refractivity contribution is 5.12. The van der Waals surface area contributed by atoms with Crippen LogP contribution < -0.4 is 5.73 Å². The molecule has 0 aromatic heterocycles. The van der Waals surface area contributed by atoms with Crippen molar-refractivity contribution in [2.45, 2.75) is 52.0 Å². The molecule has 2 atom stereocenters. The SMILES string of the molecule is CC(C)(C)C1CCCCC1(N)C#N. The van der Waals surface area contributed by atoms with Crippen molar-refractivity contribution in [2.75, 3.05) is 0 Å². The fourth-order valence-electron chi connectivity index (χ4n) is 2.54. The minimum atomic E-state index is -0.573. The zero-order valence-corrected chi connectivity index (χ0v) is 8.93. The molecule has 2 heteroatoms. The van der Waals surface area contributed by atoms with Gasteiger partial charge in [0.05, 0.1) is 6.07 Å². The summed E-state index contributed by atoms with van der Waals surface area (Å²) < 4.78 is 0. The quantitative estimate of drug-likeness (QED) is 0.622. The van der Waals surface area contributed by atoms with Crippen LogP contribution in [0.15, 0.2) is 0 Å². The molecule has 1 saturated carbocycles. The fraction of sp³-hybridized carbons (Fsp3) is 0.909. The van der Waals surface area contributed by atoms with Crippen LogP contribution in [-0.4, -0.2) is 5.54 Å². The van der Waals surface area contributed by atoms with Crippen LogP contribution in [0.1, 0.15) is 46.5 Å². The largest absolute Gasteiger partial charge is 0.313 e.